The highest BCUT2D eigenvalue weighted by Gasteiger charge is 2.05. The molecule has 0 amide bonds. The van der Waals surface area contributed by atoms with E-state index in [0.29, 0.717) is 25.2 Å². The number of hydrogen-bond acceptors (Lipinski definition) is 6. The van der Waals surface area contributed by atoms with Crippen LogP contribution in [-0.2, 0) is 0 Å². The second-order valence-electron chi connectivity index (χ2n) is 5.53. The molecule has 0 spiro atoms. The molecule has 0 radical (unpaired) electrons. The molecular formula is C20H22N6O2. The average molecular weight is 378 g/mol. The van der Waals surface area contributed by atoms with Crippen LogP contribution in [0, 0.1) is 0 Å². The summed E-state index contributed by atoms with van der Waals surface area (Å²) in [5.41, 5.74) is 2.01. The molecule has 8 heteroatoms. The highest BCUT2D eigenvalue weighted by molar-refractivity contribution is 5.54. The molecule has 0 bridgehead atoms. The molecule has 2 aromatic carbocycles. The summed E-state index contributed by atoms with van der Waals surface area (Å²) in [7, 11) is 0. The number of nitrogens with one attached hydrogen (secondary N) is 2. The first-order valence-electron chi connectivity index (χ1n) is 9.01. The molecule has 0 unspecified atom stereocenters. The van der Waals surface area contributed by atoms with E-state index in [2.05, 4.69) is 30.4 Å². The van der Waals surface area contributed by atoms with Crippen LogP contribution in [0.1, 0.15) is 13.8 Å². The molecular weight excluding hydrogens is 356 g/mol. The molecule has 2 N–H and O–H groups in total. The third kappa shape index (κ3) is 5.16. The summed E-state index contributed by atoms with van der Waals surface area (Å²) in [6, 6.07) is 20.4. The fourth-order valence-corrected chi connectivity index (χ4v) is 2.33. The summed E-state index contributed by atoms with van der Waals surface area (Å²) < 4.78 is 10.3. The van der Waals surface area contributed by atoms with Crippen molar-refractivity contribution in [1.82, 2.24) is 30.4 Å². The zero-order chi connectivity index (χ0) is 19.6. The van der Waals surface area contributed by atoms with Crippen LogP contribution < -0.4 is 9.47 Å². The van der Waals surface area contributed by atoms with Gasteiger partial charge in [0.05, 0.1) is 13.2 Å². The van der Waals surface area contributed by atoms with E-state index in [9.17, 15) is 0 Å². The van der Waals surface area contributed by atoms with Crippen LogP contribution in [0.4, 0.5) is 0 Å². The van der Waals surface area contributed by atoms with Crippen molar-refractivity contribution in [2.45, 2.75) is 13.8 Å². The van der Waals surface area contributed by atoms with E-state index < -0.39 is 0 Å². The molecule has 4 rings (SSSR count). The van der Waals surface area contributed by atoms with E-state index in [-0.39, 0.29) is 0 Å². The minimum atomic E-state index is 0.395. The summed E-state index contributed by atoms with van der Waals surface area (Å²) >= 11 is 0. The standard InChI is InChI=1S/2C10H11N3O/c2*1-2-14-10-11-9(12-13-10)8-6-4-3-5-7-8/h2*3-7H,2H2,1H3,(H,11,12,13). The van der Waals surface area contributed by atoms with E-state index in [1.165, 1.54) is 0 Å². The smallest absolute Gasteiger partial charge is 0.335 e. The van der Waals surface area contributed by atoms with Gasteiger partial charge in [0.1, 0.15) is 0 Å². The van der Waals surface area contributed by atoms with Crippen LogP contribution >= 0.6 is 0 Å². The van der Waals surface area contributed by atoms with Gasteiger partial charge in [-0.05, 0) is 13.8 Å². The monoisotopic (exact) mass is 378 g/mol. The fourth-order valence-electron chi connectivity index (χ4n) is 2.33. The minimum absolute atomic E-state index is 0.395. The minimum Gasteiger partial charge on any atom is -0.463 e. The second kappa shape index (κ2) is 9.86. The Morgan fingerprint density at radius 3 is 1.39 bits per heavy atom. The Hall–Kier alpha value is -3.68. The van der Waals surface area contributed by atoms with Gasteiger partial charge in [-0.3, -0.25) is 10.2 Å². The van der Waals surface area contributed by atoms with Gasteiger partial charge in [0.25, 0.3) is 0 Å². The third-order valence-electron chi connectivity index (χ3n) is 3.57. The van der Waals surface area contributed by atoms with Gasteiger partial charge in [0, 0.05) is 11.1 Å². The molecule has 0 fully saturated rings. The van der Waals surface area contributed by atoms with Crippen molar-refractivity contribution < 1.29 is 9.47 Å². The van der Waals surface area contributed by atoms with Crippen molar-refractivity contribution in [3.63, 3.8) is 0 Å². The van der Waals surface area contributed by atoms with Gasteiger partial charge in [0.2, 0.25) is 0 Å². The molecule has 0 atom stereocenters. The molecule has 0 aliphatic heterocycles. The number of aromatic amines is 2. The van der Waals surface area contributed by atoms with Crippen molar-refractivity contribution in [3.8, 4) is 34.8 Å². The Kier molecular flexibility index (Phi) is 6.73. The molecule has 2 heterocycles. The van der Waals surface area contributed by atoms with Crippen LogP contribution in [0.3, 0.4) is 0 Å². The van der Waals surface area contributed by atoms with E-state index in [1.807, 2.05) is 74.5 Å². The van der Waals surface area contributed by atoms with Gasteiger partial charge < -0.3 is 9.47 Å². The van der Waals surface area contributed by atoms with E-state index in [4.69, 9.17) is 9.47 Å². The topological polar surface area (TPSA) is 102 Å². The van der Waals surface area contributed by atoms with E-state index in [1.54, 1.807) is 0 Å². The van der Waals surface area contributed by atoms with Crippen LogP contribution in [0.15, 0.2) is 60.7 Å². The molecule has 4 aromatic rings. The zero-order valence-corrected chi connectivity index (χ0v) is 15.8. The number of ether oxygens (including phenoxy) is 2. The van der Waals surface area contributed by atoms with Crippen molar-refractivity contribution in [3.05, 3.63) is 60.7 Å². The van der Waals surface area contributed by atoms with Gasteiger partial charge in [0.15, 0.2) is 11.6 Å². The summed E-state index contributed by atoms with van der Waals surface area (Å²) in [6.45, 7) is 4.95. The number of aromatic nitrogens is 6. The molecule has 8 nitrogen and oxygen atoms in total. The lowest BCUT2D eigenvalue weighted by atomic mass is 10.2. The first kappa shape index (κ1) is 19.1. The molecule has 28 heavy (non-hydrogen) atoms. The molecule has 2 aromatic heterocycles. The fraction of sp³-hybridized carbons (Fsp3) is 0.200. The maximum Gasteiger partial charge on any atom is 0.335 e. The first-order valence-corrected chi connectivity index (χ1v) is 9.01. The number of nitrogens with zero attached hydrogens (tertiary/aromatic N) is 4. The SMILES string of the molecule is CCOc1n[nH]c(-c2ccccc2)n1.CCOc1n[nH]c(-c2ccccc2)n1. The Balaban J connectivity index is 0.000000161. The first-order chi connectivity index (χ1) is 13.8. The Morgan fingerprint density at radius 2 is 1.04 bits per heavy atom. The van der Waals surface area contributed by atoms with Crippen LogP contribution in [0.2, 0.25) is 0 Å². The highest BCUT2D eigenvalue weighted by atomic mass is 16.5. The normalized spacial score (nSPS) is 10.1. The maximum absolute atomic E-state index is 5.15. The van der Waals surface area contributed by atoms with Crippen LogP contribution in [-0.4, -0.2) is 43.6 Å². The van der Waals surface area contributed by atoms with Gasteiger partial charge in [-0.2, -0.15) is 9.97 Å². The summed E-state index contributed by atoms with van der Waals surface area (Å²) in [4.78, 5) is 8.36. The van der Waals surface area contributed by atoms with Gasteiger partial charge in [-0.15, -0.1) is 10.2 Å². The molecule has 0 aliphatic carbocycles. The Morgan fingerprint density at radius 1 is 0.643 bits per heavy atom. The van der Waals surface area contributed by atoms with E-state index in [0.717, 1.165) is 22.8 Å². The van der Waals surface area contributed by atoms with Gasteiger partial charge >= 0.3 is 12.0 Å². The van der Waals surface area contributed by atoms with E-state index >= 15 is 0 Å². The molecule has 144 valence electrons. The average Bonchev–Trinajstić information content (AvgIpc) is 3.41. The molecule has 0 aliphatic rings. The van der Waals surface area contributed by atoms with Crippen LogP contribution in [0.5, 0.6) is 12.0 Å². The van der Waals surface area contributed by atoms with Crippen molar-refractivity contribution in [2.75, 3.05) is 13.2 Å². The summed E-state index contributed by atoms with van der Waals surface area (Å²) in [5.74, 6) is 1.46. The van der Waals surface area contributed by atoms with Crippen molar-refractivity contribution in [1.29, 1.82) is 0 Å². The van der Waals surface area contributed by atoms with Gasteiger partial charge in [-0.25, -0.2) is 0 Å². The zero-order valence-electron chi connectivity index (χ0n) is 15.8. The highest BCUT2D eigenvalue weighted by Crippen LogP contribution is 2.16. The number of benzene rings is 2. The predicted octanol–water partition coefficient (Wildman–Crippen LogP) is 3.74. The molecule has 0 saturated heterocycles. The van der Waals surface area contributed by atoms with Crippen LogP contribution in [0.25, 0.3) is 22.8 Å². The lowest BCUT2D eigenvalue weighted by Gasteiger charge is -1.93. The third-order valence-corrected chi connectivity index (χ3v) is 3.57. The predicted molar refractivity (Wildman–Crippen MR) is 106 cm³/mol. The summed E-state index contributed by atoms with van der Waals surface area (Å²) in [5, 5.41) is 13.5. The quantitative estimate of drug-likeness (QED) is 0.530. The Labute approximate surface area is 163 Å². The lowest BCUT2D eigenvalue weighted by molar-refractivity contribution is 0.314. The lowest BCUT2D eigenvalue weighted by Crippen LogP contribution is -1.92. The van der Waals surface area contributed by atoms with Crippen molar-refractivity contribution in [2.24, 2.45) is 0 Å². The number of H-pyrrole nitrogens is 2. The number of hydrogen-bond donors (Lipinski definition) is 2. The number of rotatable bonds is 6. The van der Waals surface area contributed by atoms with Crippen molar-refractivity contribution >= 4 is 0 Å². The summed E-state index contributed by atoms with van der Waals surface area (Å²) in [6.07, 6.45) is 0. The maximum atomic E-state index is 5.15. The molecule has 0 saturated carbocycles. The van der Waals surface area contributed by atoms with Gasteiger partial charge in [-0.1, -0.05) is 60.7 Å². The largest absolute Gasteiger partial charge is 0.463 e. The Bertz CT molecular complexity index is 873. The second-order valence-corrected chi connectivity index (χ2v) is 5.53.